The summed E-state index contributed by atoms with van der Waals surface area (Å²) in [7, 11) is 0. The average molecular weight is 339 g/mol. The molecule has 0 amide bonds. The molecule has 0 saturated carbocycles. The Kier molecular flexibility index (Phi) is 3.54. The lowest BCUT2D eigenvalue weighted by Crippen LogP contribution is -2.23. The molecule has 2 aromatic heterocycles. The van der Waals surface area contributed by atoms with Gasteiger partial charge in [0.2, 0.25) is 0 Å². The molecule has 0 N–H and O–H groups in total. The Hall–Kier alpha value is -2.73. The summed E-state index contributed by atoms with van der Waals surface area (Å²) in [6.45, 7) is 2.29. The molecule has 0 unspecified atom stereocenters. The minimum absolute atomic E-state index is 0.144. The van der Waals surface area contributed by atoms with Crippen molar-refractivity contribution in [2.75, 3.05) is 0 Å². The van der Waals surface area contributed by atoms with Crippen LogP contribution in [-0.2, 0) is 6.54 Å². The third-order valence-electron chi connectivity index (χ3n) is 3.89. The van der Waals surface area contributed by atoms with Gasteiger partial charge in [-0.3, -0.25) is 4.57 Å². The van der Waals surface area contributed by atoms with Crippen molar-refractivity contribution in [2.45, 2.75) is 13.5 Å². The molecule has 4 aromatic rings. The van der Waals surface area contributed by atoms with Gasteiger partial charge < -0.3 is 0 Å². The van der Waals surface area contributed by atoms with Crippen LogP contribution in [0.3, 0.4) is 0 Å². The minimum atomic E-state index is -0.285. The van der Waals surface area contributed by atoms with Crippen LogP contribution in [0.4, 0.5) is 4.39 Å². The van der Waals surface area contributed by atoms with Crippen molar-refractivity contribution in [1.82, 2.24) is 14.1 Å². The summed E-state index contributed by atoms with van der Waals surface area (Å²) in [5.74, 6) is -0.285. The van der Waals surface area contributed by atoms with Crippen molar-refractivity contribution >= 4 is 22.4 Å². The summed E-state index contributed by atoms with van der Waals surface area (Å²) in [6, 6.07) is 13.8. The van der Waals surface area contributed by atoms with E-state index in [0.717, 1.165) is 22.3 Å². The van der Waals surface area contributed by atoms with Crippen LogP contribution in [0.2, 0.25) is 0 Å². The number of thiazole rings is 1. The van der Waals surface area contributed by atoms with Crippen LogP contribution in [0.1, 0.15) is 11.3 Å². The van der Waals surface area contributed by atoms with Crippen LogP contribution in [0.25, 0.3) is 16.2 Å². The Morgan fingerprint density at radius 1 is 1.08 bits per heavy atom. The number of hydrogen-bond acceptors (Lipinski definition) is 3. The first-order valence-electron chi connectivity index (χ1n) is 7.51. The van der Waals surface area contributed by atoms with Crippen LogP contribution < -0.4 is 5.69 Å². The number of fused-ring (bicyclic) bond motifs is 1. The number of hydrogen-bond donors (Lipinski definition) is 0. The van der Waals surface area contributed by atoms with Gasteiger partial charge >= 0.3 is 5.69 Å². The van der Waals surface area contributed by atoms with E-state index < -0.39 is 0 Å². The highest BCUT2D eigenvalue weighted by Crippen LogP contribution is 2.21. The normalized spacial score (nSPS) is 11.2. The Balaban J connectivity index is 1.91. The highest BCUT2D eigenvalue weighted by Gasteiger charge is 2.16. The first kappa shape index (κ1) is 14.8. The van der Waals surface area contributed by atoms with Crippen molar-refractivity contribution in [3.63, 3.8) is 0 Å². The summed E-state index contributed by atoms with van der Waals surface area (Å²) in [4.78, 5) is 17.4. The van der Waals surface area contributed by atoms with Crippen molar-refractivity contribution in [2.24, 2.45) is 0 Å². The van der Waals surface area contributed by atoms with Gasteiger partial charge in [0.25, 0.3) is 0 Å². The molecule has 0 saturated heterocycles. The highest BCUT2D eigenvalue weighted by atomic mass is 32.1. The Morgan fingerprint density at radius 3 is 2.46 bits per heavy atom. The topological polar surface area (TPSA) is 39.8 Å². The molecule has 2 aromatic carbocycles. The fourth-order valence-corrected chi connectivity index (χ4v) is 3.57. The summed E-state index contributed by atoms with van der Waals surface area (Å²) in [6.07, 6.45) is 0. The van der Waals surface area contributed by atoms with E-state index in [-0.39, 0.29) is 11.5 Å². The predicted octanol–water partition coefficient (Wildman–Crippen LogP) is 3.74. The van der Waals surface area contributed by atoms with Gasteiger partial charge in [-0.15, -0.1) is 11.3 Å². The second-order valence-electron chi connectivity index (χ2n) is 5.59. The first-order valence-corrected chi connectivity index (χ1v) is 8.39. The SMILES string of the molecule is Cc1csc(-n2c(=O)n(Cc3ccc(F)cc3)c3ccccc32)n1. The molecular formula is C18H14FN3OS. The fourth-order valence-electron chi connectivity index (χ4n) is 2.76. The van der Waals surface area contributed by atoms with Crippen LogP contribution in [-0.4, -0.2) is 14.1 Å². The number of imidazole rings is 1. The molecule has 0 aliphatic rings. The largest absolute Gasteiger partial charge is 0.335 e. The number of para-hydroxylation sites is 2. The van der Waals surface area contributed by atoms with Crippen molar-refractivity contribution in [3.05, 3.63) is 81.5 Å². The molecule has 120 valence electrons. The monoisotopic (exact) mass is 339 g/mol. The molecule has 0 aliphatic carbocycles. The summed E-state index contributed by atoms with van der Waals surface area (Å²) in [5, 5.41) is 2.58. The summed E-state index contributed by atoms with van der Waals surface area (Å²) in [5.41, 5.74) is 3.27. The maximum absolute atomic E-state index is 13.1. The van der Waals surface area contributed by atoms with Crippen LogP contribution in [0.5, 0.6) is 0 Å². The second kappa shape index (κ2) is 5.72. The number of aryl methyl sites for hydroxylation is 1. The van der Waals surface area contributed by atoms with E-state index in [4.69, 9.17) is 0 Å². The fraction of sp³-hybridized carbons (Fsp3) is 0.111. The molecule has 0 spiro atoms. The number of halogens is 1. The van der Waals surface area contributed by atoms with Gasteiger partial charge in [-0.25, -0.2) is 18.7 Å². The van der Waals surface area contributed by atoms with E-state index in [1.807, 2.05) is 36.6 Å². The molecule has 0 atom stereocenters. The van der Waals surface area contributed by atoms with E-state index in [9.17, 15) is 9.18 Å². The standard InChI is InChI=1S/C18H14FN3OS/c1-12-11-24-17(20-12)22-16-5-3-2-4-15(16)21(18(22)23)10-13-6-8-14(19)9-7-13/h2-9,11H,10H2,1H3. The van der Waals surface area contributed by atoms with Crippen LogP contribution in [0, 0.1) is 12.7 Å². The van der Waals surface area contributed by atoms with E-state index in [2.05, 4.69) is 4.98 Å². The van der Waals surface area contributed by atoms with Crippen LogP contribution in [0.15, 0.2) is 58.7 Å². The second-order valence-corrected chi connectivity index (χ2v) is 6.43. The van der Waals surface area contributed by atoms with Gasteiger partial charge in [-0.2, -0.15) is 0 Å². The first-order chi connectivity index (χ1) is 11.6. The summed E-state index contributed by atoms with van der Waals surface area (Å²) < 4.78 is 16.4. The number of rotatable bonds is 3. The molecule has 4 nitrogen and oxygen atoms in total. The Morgan fingerprint density at radius 2 is 1.79 bits per heavy atom. The molecule has 2 heterocycles. The molecule has 4 rings (SSSR count). The Labute approximate surface area is 141 Å². The molecule has 0 aliphatic heterocycles. The van der Waals surface area contributed by atoms with Crippen molar-refractivity contribution < 1.29 is 4.39 Å². The van der Waals surface area contributed by atoms with E-state index >= 15 is 0 Å². The lowest BCUT2D eigenvalue weighted by molar-refractivity contribution is 0.626. The zero-order chi connectivity index (χ0) is 16.7. The van der Waals surface area contributed by atoms with Crippen molar-refractivity contribution in [3.8, 4) is 5.13 Å². The maximum Gasteiger partial charge on any atom is 0.335 e. The van der Waals surface area contributed by atoms with Gasteiger partial charge in [0.05, 0.1) is 23.3 Å². The van der Waals surface area contributed by atoms with Gasteiger partial charge in [0, 0.05) is 5.38 Å². The minimum Gasteiger partial charge on any atom is -0.287 e. The van der Waals surface area contributed by atoms with Crippen molar-refractivity contribution in [1.29, 1.82) is 0 Å². The molecule has 0 bridgehead atoms. The number of nitrogens with zero attached hydrogens (tertiary/aromatic N) is 3. The van der Waals surface area contributed by atoms with Gasteiger partial charge in [-0.05, 0) is 36.8 Å². The van der Waals surface area contributed by atoms with Gasteiger partial charge in [0.1, 0.15) is 5.82 Å². The zero-order valence-electron chi connectivity index (χ0n) is 12.9. The third kappa shape index (κ3) is 2.45. The van der Waals surface area contributed by atoms with Gasteiger partial charge in [0.15, 0.2) is 5.13 Å². The Bertz CT molecular complexity index is 1080. The van der Waals surface area contributed by atoms with Crippen LogP contribution >= 0.6 is 11.3 Å². The molecule has 0 radical (unpaired) electrons. The lowest BCUT2D eigenvalue weighted by atomic mass is 10.2. The number of aromatic nitrogens is 3. The molecule has 6 heteroatoms. The van der Waals surface area contributed by atoms with E-state index in [1.54, 1.807) is 21.3 Å². The molecule has 24 heavy (non-hydrogen) atoms. The number of benzene rings is 2. The molecule has 0 fully saturated rings. The maximum atomic E-state index is 13.1. The highest BCUT2D eigenvalue weighted by molar-refractivity contribution is 7.12. The molecular weight excluding hydrogens is 325 g/mol. The smallest absolute Gasteiger partial charge is 0.287 e. The average Bonchev–Trinajstić information content (AvgIpc) is 3.12. The summed E-state index contributed by atoms with van der Waals surface area (Å²) >= 11 is 1.44. The van der Waals surface area contributed by atoms with Gasteiger partial charge in [-0.1, -0.05) is 24.3 Å². The third-order valence-corrected chi connectivity index (χ3v) is 4.83. The lowest BCUT2D eigenvalue weighted by Gasteiger charge is -2.03. The van der Waals surface area contributed by atoms with E-state index in [0.29, 0.717) is 11.7 Å². The predicted molar refractivity (Wildman–Crippen MR) is 93.4 cm³/mol. The quantitative estimate of drug-likeness (QED) is 0.570. The van der Waals surface area contributed by atoms with E-state index in [1.165, 1.54) is 23.5 Å². The zero-order valence-corrected chi connectivity index (χ0v) is 13.8.